The lowest BCUT2D eigenvalue weighted by Crippen LogP contribution is -2.55. The van der Waals surface area contributed by atoms with Crippen LogP contribution in [0, 0.1) is 0 Å². The van der Waals surface area contributed by atoms with Gasteiger partial charge in [-0.25, -0.2) is 0 Å². The van der Waals surface area contributed by atoms with Gasteiger partial charge in [-0.1, -0.05) is 6.07 Å². The molecular weight excluding hydrogens is 248 g/mol. The zero-order valence-corrected chi connectivity index (χ0v) is 12.9. The zero-order valence-electron chi connectivity index (χ0n) is 12.9. The second-order valence-corrected chi connectivity index (χ2v) is 6.33. The average Bonchev–Trinajstić information content (AvgIpc) is 2.48. The van der Waals surface area contributed by atoms with E-state index in [9.17, 15) is 0 Å². The molecule has 2 aliphatic rings. The summed E-state index contributed by atoms with van der Waals surface area (Å²) in [5, 5.41) is 3.58. The minimum absolute atomic E-state index is 0.587. The number of methoxy groups -OCH3 is 1. The van der Waals surface area contributed by atoms with Crippen LogP contribution in [0.2, 0.25) is 0 Å². The molecule has 3 rings (SSSR count). The minimum atomic E-state index is 0.587. The number of nitrogens with one attached hydrogen (secondary N) is 1. The van der Waals surface area contributed by atoms with Crippen LogP contribution < -0.4 is 10.1 Å². The van der Waals surface area contributed by atoms with E-state index in [0.29, 0.717) is 18.1 Å². The van der Waals surface area contributed by atoms with E-state index in [1.165, 1.54) is 30.4 Å². The van der Waals surface area contributed by atoms with E-state index in [1.54, 1.807) is 7.11 Å². The number of hydrogen-bond donors (Lipinski definition) is 1. The topological polar surface area (TPSA) is 24.5 Å². The number of benzene rings is 1. The summed E-state index contributed by atoms with van der Waals surface area (Å²) in [7, 11) is 1.75. The van der Waals surface area contributed by atoms with E-state index in [2.05, 4.69) is 42.3 Å². The molecule has 0 radical (unpaired) electrons. The van der Waals surface area contributed by atoms with Crippen LogP contribution in [0.15, 0.2) is 18.2 Å². The molecule has 0 saturated carbocycles. The van der Waals surface area contributed by atoms with E-state index in [4.69, 9.17) is 4.74 Å². The highest BCUT2D eigenvalue weighted by Crippen LogP contribution is 2.37. The van der Waals surface area contributed by atoms with E-state index >= 15 is 0 Å². The Balaban J connectivity index is 1.89. The standard InChI is InChI=1S/C17H26N2O/c1-12-11-19(13(2)10-18-12)17-6-4-5-14-9-15(20-3)7-8-16(14)17/h7-9,12-13,17-18H,4-6,10-11H2,1-3H3. The summed E-state index contributed by atoms with van der Waals surface area (Å²) in [4.78, 5) is 2.70. The number of ether oxygens (including phenoxy) is 1. The molecule has 3 heteroatoms. The minimum Gasteiger partial charge on any atom is -0.497 e. The maximum atomic E-state index is 5.38. The van der Waals surface area contributed by atoms with E-state index in [-0.39, 0.29) is 0 Å². The highest BCUT2D eigenvalue weighted by atomic mass is 16.5. The summed E-state index contributed by atoms with van der Waals surface area (Å²) in [6, 6.07) is 8.44. The molecule has 1 aromatic carbocycles. The molecule has 3 unspecified atom stereocenters. The van der Waals surface area contributed by atoms with Crippen molar-refractivity contribution in [2.75, 3.05) is 20.2 Å². The molecule has 1 aliphatic heterocycles. The van der Waals surface area contributed by atoms with Gasteiger partial charge in [0.1, 0.15) is 5.75 Å². The Labute approximate surface area is 122 Å². The average molecular weight is 274 g/mol. The van der Waals surface area contributed by atoms with Gasteiger partial charge in [0, 0.05) is 31.2 Å². The maximum Gasteiger partial charge on any atom is 0.119 e. The number of fused-ring (bicyclic) bond motifs is 1. The van der Waals surface area contributed by atoms with Crippen LogP contribution in [0.4, 0.5) is 0 Å². The first-order valence-corrected chi connectivity index (χ1v) is 7.85. The van der Waals surface area contributed by atoms with Crippen molar-refractivity contribution in [3.63, 3.8) is 0 Å². The lowest BCUT2D eigenvalue weighted by molar-refractivity contribution is 0.0848. The smallest absolute Gasteiger partial charge is 0.119 e. The van der Waals surface area contributed by atoms with E-state index < -0.39 is 0 Å². The van der Waals surface area contributed by atoms with Crippen LogP contribution >= 0.6 is 0 Å². The Bertz CT molecular complexity index is 474. The van der Waals surface area contributed by atoms with Crippen LogP contribution in [0.1, 0.15) is 43.9 Å². The molecule has 1 saturated heterocycles. The summed E-state index contributed by atoms with van der Waals surface area (Å²) < 4.78 is 5.38. The molecule has 0 amide bonds. The first kappa shape index (κ1) is 13.9. The van der Waals surface area contributed by atoms with Crippen molar-refractivity contribution in [2.45, 2.75) is 51.2 Å². The number of aryl methyl sites for hydroxylation is 1. The molecule has 1 N–H and O–H groups in total. The Hall–Kier alpha value is -1.06. The second kappa shape index (κ2) is 5.74. The van der Waals surface area contributed by atoms with Crippen molar-refractivity contribution in [1.82, 2.24) is 10.2 Å². The van der Waals surface area contributed by atoms with Crippen molar-refractivity contribution < 1.29 is 4.74 Å². The zero-order chi connectivity index (χ0) is 14.1. The van der Waals surface area contributed by atoms with Gasteiger partial charge >= 0.3 is 0 Å². The number of nitrogens with zero attached hydrogens (tertiary/aromatic N) is 1. The van der Waals surface area contributed by atoms with Crippen molar-refractivity contribution in [3.8, 4) is 5.75 Å². The molecule has 3 atom stereocenters. The molecule has 1 aliphatic carbocycles. The van der Waals surface area contributed by atoms with Crippen molar-refractivity contribution >= 4 is 0 Å². The van der Waals surface area contributed by atoms with Gasteiger partial charge in [-0.3, -0.25) is 4.90 Å². The molecular formula is C17H26N2O. The van der Waals surface area contributed by atoms with Gasteiger partial charge < -0.3 is 10.1 Å². The first-order chi connectivity index (χ1) is 9.69. The number of hydrogen-bond acceptors (Lipinski definition) is 3. The molecule has 0 bridgehead atoms. The molecule has 0 aromatic heterocycles. The predicted molar refractivity (Wildman–Crippen MR) is 82.3 cm³/mol. The third-order valence-electron chi connectivity index (χ3n) is 4.85. The molecule has 3 nitrogen and oxygen atoms in total. The number of piperazine rings is 1. The van der Waals surface area contributed by atoms with Crippen LogP contribution in [0.25, 0.3) is 0 Å². The van der Waals surface area contributed by atoms with Gasteiger partial charge in [0.05, 0.1) is 7.11 Å². The summed E-state index contributed by atoms with van der Waals surface area (Å²) in [6.45, 7) is 6.88. The Morgan fingerprint density at radius 3 is 2.95 bits per heavy atom. The molecule has 110 valence electrons. The van der Waals surface area contributed by atoms with E-state index in [0.717, 1.165) is 18.8 Å². The normalized spacial score (nSPS) is 30.9. The highest BCUT2D eigenvalue weighted by molar-refractivity contribution is 5.39. The highest BCUT2D eigenvalue weighted by Gasteiger charge is 2.32. The Kier molecular flexibility index (Phi) is 3.99. The van der Waals surface area contributed by atoms with Crippen LogP contribution in [-0.2, 0) is 6.42 Å². The van der Waals surface area contributed by atoms with Crippen molar-refractivity contribution in [1.29, 1.82) is 0 Å². The molecule has 1 heterocycles. The largest absolute Gasteiger partial charge is 0.497 e. The third kappa shape index (κ3) is 2.57. The SMILES string of the molecule is COc1ccc2c(c1)CCCC2N1CC(C)NCC1C. The monoisotopic (exact) mass is 274 g/mol. The maximum absolute atomic E-state index is 5.38. The lowest BCUT2D eigenvalue weighted by atomic mass is 9.85. The van der Waals surface area contributed by atoms with Crippen LogP contribution in [0.3, 0.4) is 0 Å². The van der Waals surface area contributed by atoms with Gasteiger partial charge in [0.15, 0.2) is 0 Å². The number of rotatable bonds is 2. The summed E-state index contributed by atoms with van der Waals surface area (Å²) >= 11 is 0. The summed E-state index contributed by atoms with van der Waals surface area (Å²) in [6.07, 6.45) is 3.77. The van der Waals surface area contributed by atoms with Crippen LogP contribution in [-0.4, -0.2) is 37.2 Å². The molecule has 1 fully saturated rings. The predicted octanol–water partition coefficient (Wildman–Crippen LogP) is 2.75. The van der Waals surface area contributed by atoms with Gasteiger partial charge in [-0.05, 0) is 56.4 Å². The van der Waals surface area contributed by atoms with Gasteiger partial charge in [-0.15, -0.1) is 0 Å². The van der Waals surface area contributed by atoms with Gasteiger partial charge in [-0.2, -0.15) is 0 Å². The fourth-order valence-corrected chi connectivity index (χ4v) is 3.72. The van der Waals surface area contributed by atoms with Crippen LogP contribution in [0.5, 0.6) is 5.75 Å². The second-order valence-electron chi connectivity index (χ2n) is 6.33. The van der Waals surface area contributed by atoms with Crippen molar-refractivity contribution in [2.24, 2.45) is 0 Å². The van der Waals surface area contributed by atoms with Crippen molar-refractivity contribution in [3.05, 3.63) is 29.3 Å². The summed E-state index contributed by atoms with van der Waals surface area (Å²) in [5.41, 5.74) is 3.01. The quantitative estimate of drug-likeness (QED) is 0.897. The molecule has 20 heavy (non-hydrogen) atoms. The Morgan fingerprint density at radius 2 is 2.15 bits per heavy atom. The third-order valence-corrected chi connectivity index (χ3v) is 4.85. The van der Waals surface area contributed by atoms with Gasteiger partial charge in [0.25, 0.3) is 0 Å². The first-order valence-electron chi connectivity index (χ1n) is 7.85. The summed E-state index contributed by atoms with van der Waals surface area (Å²) in [5.74, 6) is 0.992. The lowest BCUT2D eigenvalue weighted by Gasteiger charge is -2.44. The van der Waals surface area contributed by atoms with E-state index in [1.807, 2.05) is 0 Å². The molecule has 0 spiro atoms. The fraction of sp³-hybridized carbons (Fsp3) is 0.647. The Morgan fingerprint density at radius 1 is 1.30 bits per heavy atom. The molecule has 1 aromatic rings. The fourth-order valence-electron chi connectivity index (χ4n) is 3.72. The van der Waals surface area contributed by atoms with Gasteiger partial charge in [0.2, 0.25) is 0 Å².